The van der Waals surface area contributed by atoms with Gasteiger partial charge in [0.15, 0.2) is 0 Å². The molecule has 3 aromatic carbocycles. The largest absolute Gasteiger partial charge is 0.494 e. The fourth-order valence-corrected chi connectivity index (χ4v) is 6.40. The summed E-state index contributed by atoms with van der Waals surface area (Å²) in [7, 11) is -4.19. The lowest BCUT2D eigenvalue weighted by molar-refractivity contribution is 0.0964. The van der Waals surface area contributed by atoms with Crippen LogP contribution in [0.25, 0.3) is 10.9 Å². The van der Waals surface area contributed by atoms with E-state index in [9.17, 15) is 13.2 Å². The van der Waals surface area contributed by atoms with E-state index in [1.807, 2.05) is 57.2 Å². The van der Waals surface area contributed by atoms with Crippen molar-refractivity contribution >= 4 is 50.0 Å². The molecule has 1 atom stereocenters. The third-order valence-electron chi connectivity index (χ3n) is 7.35. The van der Waals surface area contributed by atoms with E-state index >= 15 is 0 Å². The number of amides is 1. The van der Waals surface area contributed by atoms with Gasteiger partial charge in [-0.1, -0.05) is 35.3 Å². The highest BCUT2D eigenvalue weighted by molar-refractivity contribution is 7.90. The smallest absolute Gasteiger partial charge is 0.281 e. The predicted octanol–water partition coefficient (Wildman–Crippen LogP) is 7.85. The highest BCUT2D eigenvalue weighted by atomic mass is 35.5. The van der Waals surface area contributed by atoms with Gasteiger partial charge in [-0.3, -0.25) is 4.79 Å². The lowest BCUT2D eigenvalue weighted by atomic mass is 10.1. The quantitative estimate of drug-likeness (QED) is 0.149. The molecule has 0 spiro atoms. The van der Waals surface area contributed by atoms with E-state index in [0.717, 1.165) is 16.5 Å². The standard InChI is InChI=1S/C34H34Cl2N2O6S/c1-4-42-24-8-10-25(11-9-24)44-26-12-14-28(15-13-26)45(40,41)38-34(39)33-30(29-16-7-23(35)20-31(29)37-33)6-5-17-43-27-18-21(2)32(36)22(3)19-27/h7-8,10-16,18-20,24,37H,4-6,9,17H2,1-3H3,(H,38,39). The van der Waals surface area contributed by atoms with Crippen LogP contribution in [0.2, 0.25) is 10.0 Å². The van der Waals surface area contributed by atoms with Crippen molar-refractivity contribution in [3.05, 3.63) is 111 Å². The highest BCUT2D eigenvalue weighted by Crippen LogP contribution is 2.29. The molecule has 0 saturated heterocycles. The first-order chi connectivity index (χ1) is 21.5. The Hall–Kier alpha value is -3.76. The number of H-pyrrole nitrogens is 1. The summed E-state index contributed by atoms with van der Waals surface area (Å²) in [5.74, 6) is 1.05. The van der Waals surface area contributed by atoms with Gasteiger partial charge in [-0.25, -0.2) is 13.1 Å². The third kappa shape index (κ3) is 7.91. The topological polar surface area (TPSA) is 107 Å². The average molecular weight is 670 g/mol. The normalized spacial score (nSPS) is 14.8. The molecule has 0 bridgehead atoms. The van der Waals surface area contributed by atoms with Crippen LogP contribution in [0.1, 0.15) is 46.9 Å². The van der Waals surface area contributed by atoms with Gasteiger partial charge in [-0.15, -0.1) is 0 Å². The minimum atomic E-state index is -4.19. The summed E-state index contributed by atoms with van der Waals surface area (Å²) in [5, 5.41) is 1.98. The molecule has 0 saturated carbocycles. The number of rotatable bonds is 12. The van der Waals surface area contributed by atoms with Gasteiger partial charge >= 0.3 is 0 Å². The number of hydrogen-bond acceptors (Lipinski definition) is 6. The number of halogens is 2. The van der Waals surface area contributed by atoms with E-state index in [1.54, 1.807) is 24.3 Å². The number of aryl methyl sites for hydroxylation is 3. The number of aromatic nitrogens is 1. The molecule has 4 aromatic rings. The molecule has 1 heterocycles. The van der Waals surface area contributed by atoms with Gasteiger partial charge in [0, 0.05) is 27.6 Å². The first-order valence-corrected chi connectivity index (χ1v) is 16.8. The fourth-order valence-electron chi connectivity index (χ4n) is 5.16. The van der Waals surface area contributed by atoms with Crippen LogP contribution in [-0.4, -0.2) is 38.6 Å². The van der Waals surface area contributed by atoms with E-state index in [0.29, 0.717) is 70.9 Å². The van der Waals surface area contributed by atoms with Crippen LogP contribution in [0.3, 0.4) is 0 Å². The number of hydrogen-bond donors (Lipinski definition) is 2. The number of ether oxygens (including phenoxy) is 3. The minimum absolute atomic E-state index is 0.0181. The summed E-state index contributed by atoms with van der Waals surface area (Å²) in [6.07, 6.45) is 7.40. The van der Waals surface area contributed by atoms with Crippen molar-refractivity contribution in [1.29, 1.82) is 0 Å². The first kappa shape index (κ1) is 32.6. The molecule has 0 fully saturated rings. The van der Waals surface area contributed by atoms with E-state index in [-0.39, 0.29) is 16.7 Å². The molecular formula is C34H34Cl2N2O6S. The SMILES string of the molecule is CCOC1C=CC(Oc2ccc(S(=O)(=O)NC(=O)c3[nH]c4cc(Cl)ccc4c3CCCOc3cc(C)c(Cl)c(C)c3)cc2)=CC1. The Morgan fingerprint density at radius 2 is 1.76 bits per heavy atom. The molecule has 45 heavy (non-hydrogen) atoms. The molecule has 236 valence electrons. The summed E-state index contributed by atoms with van der Waals surface area (Å²) in [5.41, 5.74) is 3.31. The monoisotopic (exact) mass is 668 g/mol. The maximum atomic E-state index is 13.4. The van der Waals surface area contributed by atoms with Crippen molar-refractivity contribution in [2.45, 2.75) is 51.0 Å². The molecule has 0 radical (unpaired) electrons. The number of fused-ring (bicyclic) bond motifs is 1. The van der Waals surface area contributed by atoms with Crippen LogP contribution >= 0.6 is 23.2 Å². The maximum absolute atomic E-state index is 13.4. The Morgan fingerprint density at radius 1 is 1.02 bits per heavy atom. The number of sulfonamides is 1. The maximum Gasteiger partial charge on any atom is 0.281 e. The van der Waals surface area contributed by atoms with E-state index in [4.69, 9.17) is 37.4 Å². The lowest BCUT2D eigenvalue weighted by Gasteiger charge is -2.16. The van der Waals surface area contributed by atoms with E-state index < -0.39 is 15.9 Å². The second-order valence-corrected chi connectivity index (χ2v) is 13.2. The average Bonchev–Trinajstić information content (AvgIpc) is 3.37. The van der Waals surface area contributed by atoms with Gasteiger partial charge in [-0.2, -0.15) is 0 Å². The van der Waals surface area contributed by atoms with Crippen molar-refractivity contribution in [3.8, 4) is 11.5 Å². The summed E-state index contributed by atoms with van der Waals surface area (Å²) in [4.78, 5) is 16.4. The molecular weight excluding hydrogens is 635 g/mol. The van der Waals surface area contributed by atoms with Gasteiger partial charge in [-0.05, 0) is 117 Å². The lowest BCUT2D eigenvalue weighted by Crippen LogP contribution is -2.31. The van der Waals surface area contributed by atoms with Crippen molar-refractivity contribution in [2.24, 2.45) is 0 Å². The zero-order valence-corrected chi connectivity index (χ0v) is 27.5. The summed E-state index contributed by atoms with van der Waals surface area (Å²) < 4.78 is 46.0. The number of carbonyl (C=O) groups is 1. The molecule has 2 N–H and O–H groups in total. The van der Waals surface area contributed by atoms with Gasteiger partial charge in [0.1, 0.15) is 23.0 Å². The van der Waals surface area contributed by atoms with Crippen LogP contribution < -0.4 is 14.2 Å². The number of carbonyl (C=O) groups excluding carboxylic acids is 1. The van der Waals surface area contributed by atoms with Gasteiger partial charge < -0.3 is 19.2 Å². The van der Waals surface area contributed by atoms with Gasteiger partial charge in [0.25, 0.3) is 15.9 Å². The molecule has 1 unspecified atom stereocenters. The van der Waals surface area contributed by atoms with Crippen molar-refractivity contribution in [2.75, 3.05) is 13.2 Å². The molecule has 8 nitrogen and oxygen atoms in total. The Bertz CT molecular complexity index is 1860. The number of benzene rings is 3. The first-order valence-electron chi connectivity index (χ1n) is 14.6. The van der Waals surface area contributed by atoms with Crippen molar-refractivity contribution in [1.82, 2.24) is 9.71 Å². The summed E-state index contributed by atoms with van der Waals surface area (Å²) in [6, 6.07) is 14.9. The molecule has 11 heteroatoms. The van der Waals surface area contributed by atoms with Crippen LogP contribution in [0, 0.1) is 13.8 Å². The highest BCUT2D eigenvalue weighted by Gasteiger charge is 2.24. The van der Waals surface area contributed by atoms with E-state index in [2.05, 4.69) is 9.71 Å². The van der Waals surface area contributed by atoms with Gasteiger partial charge in [0.05, 0.1) is 17.6 Å². The molecule has 0 aliphatic heterocycles. The third-order valence-corrected chi connectivity index (χ3v) is 9.53. The van der Waals surface area contributed by atoms with Crippen LogP contribution in [0.4, 0.5) is 0 Å². The van der Waals surface area contributed by atoms with E-state index in [1.165, 1.54) is 12.1 Å². The van der Waals surface area contributed by atoms with Crippen LogP contribution in [-0.2, 0) is 21.2 Å². The molecule has 1 aliphatic rings. The predicted molar refractivity (Wildman–Crippen MR) is 177 cm³/mol. The van der Waals surface area contributed by atoms with Crippen LogP contribution in [0.15, 0.2) is 83.5 Å². The van der Waals surface area contributed by atoms with Crippen LogP contribution in [0.5, 0.6) is 11.5 Å². The summed E-state index contributed by atoms with van der Waals surface area (Å²) >= 11 is 12.5. The Labute approximate surface area is 273 Å². The van der Waals surface area contributed by atoms with Gasteiger partial charge in [0.2, 0.25) is 0 Å². The molecule has 5 rings (SSSR count). The molecule has 1 aliphatic carbocycles. The molecule has 1 aromatic heterocycles. The zero-order valence-electron chi connectivity index (χ0n) is 25.2. The Balaban J connectivity index is 1.27. The molecule has 1 amide bonds. The number of allylic oxidation sites excluding steroid dienone is 1. The Morgan fingerprint density at radius 3 is 2.42 bits per heavy atom. The number of aromatic amines is 1. The van der Waals surface area contributed by atoms with Crippen molar-refractivity contribution in [3.63, 3.8) is 0 Å². The fraction of sp³-hybridized carbons (Fsp3) is 0.265. The Kier molecular flexibility index (Phi) is 10.2. The second kappa shape index (κ2) is 14.1. The second-order valence-electron chi connectivity index (χ2n) is 10.7. The number of nitrogens with one attached hydrogen (secondary N) is 2. The van der Waals surface area contributed by atoms with Crippen molar-refractivity contribution < 1.29 is 27.4 Å². The zero-order chi connectivity index (χ0) is 32.1. The summed E-state index contributed by atoms with van der Waals surface area (Å²) in [6.45, 7) is 6.80. The minimum Gasteiger partial charge on any atom is -0.494 e.